The molecule has 0 saturated carbocycles. The van der Waals surface area contributed by atoms with Crippen LogP contribution in [-0.2, 0) is 0 Å². The van der Waals surface area contributed by atoms with Crippen molar-refractivity contribution in [3.05, 3.63) is 35.1 Å². The van der Waals surface area contributed by atoms with Crippen molar-refractivity contribution in [2.75, 3.05) is 12.8 Å². The third kappa shape index (κ3) is 3.16. The molecular formula is C14H17FN2S2. The number of hydrogen-bond donors (Lipinski definition) is 1. The molecule has 0 amide bonds. The van der Waals surface area contributed by atoms with Crippen LogP contribution in [0.2, 0.25) is 0 Å². The van der Waals surface area contributed by atoms with Gasteiger partial charge in [-0.3, -0.25) is 0 Å². The number of hydrogen-bond acceptors (Lipinski definition) is 4. The third-order valence-corrected chi connectivity index (χ3v) is 4.85. The molecule has 0 fully saturated rings. The third-order valence-electron chi connectivity index (χ3n) is 2.87. The van der Waals surface area contributed by atoms with Crippen molar-refractivity contribution in [3.63, 3.8) is 0 Å². The Labute approximate surface area is 121 Å². The SMILES string of the molecule is CCNC(C)c1cnc(-c2c(F)cccc2SC)s1. The summed E-state index contributed by atoms with van der Waals surface area (Å²) in [5.74, 6) is -0.205. The minimum absolute atomic E-state index is 0.205. The zero-order valence-corrected chi connectivity index (χ0v) is 12.9. The van der Waals surface area contributed by atoms with Crippen LogP contribution < -0.4 is 5.32 Å². The van der Waals surface area contributed by atoms with Gasteiger partial charge in [-0.05, 0) is 31.9 Å². The first-order chi connectivity index (χ1) is 9.17. The van der Waals surface area contributed by atoms with Crippen LogP contribution in [0.4, 0.5) is 4.39 Å². The molecule has 0 radical (unpaired) electrons. The average Bonchev–Trinajstić information content (AvgIpc) is 2.88. The topological polar surface area (TPSA) is 24.9 Å². The maximum Gasteiger partial charge on any atom is 0.134 e. The molecule has 0 aliphatic carbocycles. The quantitative estimate of drug-likeness (QED) is 0.831. The van der Waals surface area contributed by atoms with Crippen LogP contribution in [0.25, 0.3) is 10.6 Å². The molecule has 1 N–H and O–H groups in total. The molecule has 102 valence electrons. The van der Waals surface area contributed by atoms with E-state index in [-0.39, 0.29) is 11.9 Å². The van der Waals surface area contributed by atoms with Gasteiger partial charge in [0, 0.05) is 22.0 Å². The van der Waals surface area contributed by atoms with Crippen molar-refractivity contribution in [1.82, 2.24) is 10.3 Å². The van der Waals surface area contributed by atoms with E-state index < -0.39 is 0 Å². The Balaban J connectivity index is 2.38. The molecule has 1 atom stereocenters. The van der Waals surface area contributed by atoms with Gasteiger partial charge in [0.1, 0.15) is 10.8 Å². The molecule has 0 spiro atoms. The molecule has 2 rings (SSSR count). The van der Waals surface area contributed by atoms with Crippen LogP contribution in [0.1, 0.15) is 24.8 Å². The van der Waals surface area contributed by atoms with E-state index in [1.165, 1.54) is 6.07 Å². The normalized spacial score (nSPS) is 12.6. The summed E-state index contributed by atoms with van der Waals surface area (Å²) in [6, 6.07) is 5.41. The summed E-state index contributed by atoms with van der Waals surface area (Å²) in [6.45, 7) is 5.07. The highest BCUT2D eigenvalue weighted by atomic mass is 32.2. The van der Waals surface area contributed by atoms with E-state index in [0.29, 0.717) is 5.56 Å². The van der Waals surface area contributed by atoms with E-state index in [1.807, 2.05) is 18.5 Å². The largest absolute Gasteiger partial charge is 0.310 e. The minimum Gasteiger partial charge on any atom is -0.310 e. The number of nitrogens with one attached hydrogen (secondary N) is 1. The Morgan fingerprint density at radius 1 is 1.47 bits per heavy atom. The van der Waals surface area contributed by atoms with Crippen LogP contribution in [0, 0.1) is 5.82 Å². The van der Waals surface area contributed by atoms with Crippen LogP contribution >= 0.6 is 23.1 Å². The first-order valence-corrected chi connectivity index (χ1v) is 8.23. The standard InChI is InChI=1S/C14H17FN2S2/c1-4-16-9(2)12-8-17-14(19-12)13-10(15)6-5-7-11(13)18-3/h5-9,16H,4H2,1-3H3. The maximum absolute atomic E-state index is 14.0. The predicted molar refractivity (Wildman–Crippen MR) is 81.4 cm³/mol. The Bertz CT molecular complexity index is 554. The lowest BCUT2D eigenvalue weighted by molar-refractivity contribution is 0.606. The number of aromatic nitrogens is 1. The van der Waals surface area contributed by atoms with Gasteiger partial charge in [-0.15, -0.1) is 23.1 Å². The van der Waals surface area contributed by atoms with Crippen LogP contribution in [-0.4, -0.2) is 17.8 Å². The zero-order chi connectivity index (χ0) is 13.8. The smallest absolute Gasteiger partial charge is 0.134 e. The Morgan fingerprint density at radius 3 is 2.95 bits per heavy atom. The number of thiazole rings is 1. The Kier molecular flexibility index (Phi) is 4.96. The second kappa shape index (κ2) is 6.50. The van der Waals surface area contributed by atoms with Gasteiger partial charge in [0.05, 0.1) is 5.56 Å². The lowest BCUT2D eigenvalue weighted by Gasteiger charge is -2.08. The van der Waals surface area contributed by atoms with Gasteiger partial charge in [0.15, 0.2) is 0 Å². The molecule has 5 heteroatoms. The van der Waals surface area contributed by atoms with E-state index >= 15 is 0 Å². The van der Waals surface area contributed by atoms with Gasteiger partial charge in [-0.2, -0.15) is 0 Å². The second-order valence-corrected chi connectivity index (χ2v) is 6.07. The van der Waals surface area contributed by atoms with Crippen molar-refractivity contribution in [2.24, 2.45) is 0 Å². The summed E-state index contributed by atoms with van der Waals surface area (Å²) in [5, 5.41) is 4.09. The molecule has 1 heterocycles. The van der Waals surface area contributed by atoms with Gasteiger partial charge in [-0.1, -0.05) is 13.0 Å². The highest BCUT2D eigenvalue weighted by Crippen LogP contribution is 2.36. The Morgan fingerprint density at radius 2 is 2.26 bits per heavy atom. The van der Waals surface area contributed by atoms with Crippen molar-refractivity contribution in [3.8, 4) is 10.6 Å². The lowest BCUT2D eigenvalue weighted by Crippen LogP contribution is -2.16. The number of nitrogens with zero attached hydrogens (tertiary/aromatic N) is 1. The molecule has 1 unspecified atom stereocenters. The predicted octanol–water partition coefficient (Wildman–Crippen LogP) is 4.34. The van der Waals surface area contributed by atoms with Crippen molar-refractivity contribution >= 4 is 23.1 Å². The molecule has 19 heavy (non-hydrogen) atoms. The van der Waals surface area contributed by atoms with E-state index in [4.69, 9.17) is 0 Å². The van der Waals surface area contributed by atoms with Crippen LogP contribution in [0.15, 0.2) is 29.3 Å². The van der Waals surface area contributed by atoms with Crippen molar-refractivity contribution < 1.29 is 4.39 Å². The van der Waals surface area contributed by atoms with Crippen LogP contribution in [0.3, 0.4) is 0 Å². The molecule has 0 bridgehead atoms. The maximum atomic E-state index is 14.0. The van der Waals surface area contributed by atoms with Crippen molar-refractivity contribution in [1.29, 1.82) is 0 Å². The fourth-order valence-electron chi connectivity index (χ4n) is 1.89. The first kappa shape index (κ1) is 14.5. The summed E-state index contributed by atoms with van der Waals surface area (Å²) in [5.41, 5.74) is 0.620. The van der Waals surface area contributed by atoms with Gasteiger partial charge >= 0.3 is 0 Å². The highest BCUT2D eigenvalue weighted by Gasteiger charge is 2.16. The Hall–Kier alpha value is -0.910. The molecule has 0 saturated heterocycles. The van der Waals surface area contributed by atoms with Gasteiger partial charge < -0.3 is 5.32 Å². The number of thioether (sulfide) groups is 1. The van der Waals surface area contributed by atoms with E-state index in [2.05, 4.69) is 24.1 Å². The fourth-order valence-corrected chi connectivity index (χ4v) is 3.57. The highest BCUT2D eigenvalue weighted by molar-refractivity contribution is 7.98. The van der Waals surface area contributed by atoms with E-state index in [1.54, 1.807) is 29.2 Å². The second-order valence-electron chi connectivity index (χ2n) is 4.16. The lowest BCUT2D eigenvalue weighted by atomic mass is 10.2. The number of rotatable bonds is 5. The minimum atomic E-state index is -0.205. The van der Waals surface area contributed by atoms with E-state index in [0.717, 1.165) is 21.3 Å². The summed E-state index contributed by atoms with van der Waals surface area (Å²) in [6.07, 6.45) is 3.79. The van der Waals surface area contributed by atoms with Gasteiger partial charge in [0.25, 0.3) is 0 Å². The fraction of sp³-hybridized carbons (Fsp3) is 0.357. The number of benzene rings is 1. The molecule has 1 aromatic carbocycles. The van der Waals surface area contributed by atoms with Gasteiger partial charge in [0.2, 0.25) is 0 Å². The zero-order valence-electron chi connectivity index (χ0n) is 11.2. The summed E-state index contributed by atoms with van der Waals surface area (Å²) >= 11 is 3.09. The van der Waals surface area contributed by atoms with E-state index in [9.17, 15) is 4.39 Å². The molecule has 0 aliphatic heterocycles. The molecular weight excluding hydrogens is 279 g/mol. The average molecular weight is 296 g/mol. The molecule has 1 aromatic heterocycles. The summed E-state index contributed by atoms with van der Waals surface area (Å²) < 4.78 is 14.0. The monoisotopic (exact) mass is 296 g/mol. The van der Waals surface area contributed by atoms with Crippen LogP contribution in [0.5, 0.6) is 0 Å². The van der Waals surface area contributed by atoms with Gasteiger partial charge in [-0.25, -0.2) is 9.37 Å². The van der Waals surface area contributed by atoms with Crippen molar-refractivity contribution in [2.45, 2.75) is 24.8 Å². The molecule has 2 aromatic rings. The summed E-state index contributed by atoms with van der Waals surface area (Å²) in [7, 11) is 0. The number of halogens is 1. The molecule has 2 nitrogen and oxygen atoms in total. The first-order valence-electron chi connectivity index (χ1n) is 6.19. The summed E-state index contributed by atoms with van der Waals surface area (Å²) in [4.78, 5) is 6.44. The molecule has 0 aliphatic rings.